The summed E-state index contributed by atoms with van der Waals surface area (Å²) in [6, 6.07) is 2.21. The highest BCUT2D eigenvalue weighted by atomic mass is 16.2. The molecule has 2 aliphatic heterocycles. The molecule has 0 aromatic carbocycles. The van der Waals surface area contributed by atoms with Gasteiger partial charge in [-0.2, -0.15) is 0 Å². The van der Waals surface area contributed by atoms with E-state index in [0.717, 1.165) is 11.4 Å². The predicted molar refractivity (Wildman–Crippen MR) is 124 cm³/mol. The summed E-state index contributed by atoms with van der Waals surface area (Å²) < 4.78 is 0. The number of nitrogens with one attached hydrogen (secondary N) is 1. The minimum absolute atomic E-state index is 0.0430. The van der Waals surface area contributed by atoms with Gasteiger partial charge in [-0.15, -0.1) is 0 Å². The number of primary amides is 1. The second-order valence-electron chi connectivity index (χ2n) is 8.71. The van der Waals surface area contributed by atoms with Crippen molar-refractivity contribution in [3.8, 4) is 0 Å². The van der Waals surface area contributed by atoms with Crippen LogP contribution in [-0.2, 0) is 24.0 Å². The van der Waals surface area contributed by atoms with Gasteiger partial charge in [-0.3, -0.25) is 24.0 Å². The molecule has 0 radical (unpaired) electrons. The van der Waals surface area contributed by atoms with Crippen LogP contribution in [-0.4, -0.2) is 89.0 Å². The van der Waals surface area contributed by atoms with E-state index >= 15 is 0 Å². The highest BCUT2D eigenvalue weighted by molar-refractivity contribution is 6.35. The van der Waals surface area contributed by atoms with Crippen LogP contribution in [0.5, 0.6) is 0 Å². The van der Waals surface area contributed by atoms with E-state index in [2.05, 4.69) is 15.2 Å². The van der Waals surface area contributed by atoms with Gasteiger partial charge in [-0.25, -0.2) is 4.98 Å². The molecular weight excluding hydrogens is 440 g/mol. The molecule has 11 nitrogen and oxygen atoms in total. The Kier molecular flexibility index (Phi) is 8.19. The van der Waals surface area contributed by atoms with E-state index in [-0.39, 0.29) is 24.7 Å². The number of rotatable bonds is 8. The molecule has 3 N–H and O–H groups in total. The van der Waals surface area contributed by atoms with Crippen LogP contribution in [0.15, 0.2) is 18.3 Å². The van der Waals surface area contributed by atoms with Gasteiger partial charge in [0, 0.05) is 52.3 Å². The second-order valence-corrected chi connectivity index (χ2v) is 8.71. The topological polar surface area (TPSA) is 146 Å². The smallest absolute Gasteiger partial charge is 0.284 e. The van der Waals surface area contributed by atoms with Gasteiger partial charge in [0.2, 0.25) is 23.5 Å². The van der Waals surface area contributed by atoms with Gasteiger partial charge in [0.1, 0.15) is 17.9 Å². The number of amides is 4. The van der Waals surface area contributed by atoms with E-state index in [1.807, 2.05) is 19.1 Å². The van der Waals surface area contributed by atoms with Crippen LogP contribution in [0.4, 0.5) is 5.82 Å². The third kappa shape index (κ3) is 5.89. The highest BCUT2D eigenvalue weighted by Crippen LogP contribution is 2.20. The van der Waals surface area contributed by atoms with Crippen molar-refractivity contribution in [2.75, 3.05) is 37.6 Å². The van der Waals surface area contributed by atoms with E-state index in [1.54, 1.807) is 11.1 Å². The van der Waals surface area contributed by atoms with Crippen LogP contribution in [0.2, 0.25) is 0 Å². The quantitative estimate of drug-likeness (QED) is 0.479. The Morgan fingerprint density at radius 1 is 1.15 bits per heavy atom. The number of aromatic nitrogens is 1. The van der Waals surface area contributed by atoms with Crippen molar-refractivity contribution >= 4 is 35.2 Å². The summed E-state index contributed by atoms with van der Waals surface area (Å²) in [6.45, 7) is 5.87. The number of nitrogens with two attached hydrogens (primary N) is 1. The van der Waals surface area contributed by atoms with Crippen molar-refractivity contribution in [3.63, 3.8) is 0 Å². The van der Waals surface area contributed by atoms with Crippen molar-refractivity contribution in [2.24, 2.45) is 5.73 Å². The number of ketones is 1. The average molecular weight is 473 g/mol. The van der Waals surface area contributed by atoms with Gasteiger partial charge in [0.05, 0.1) is 0 Å². The summed E-state index contributed by atoms with van der Waals surface area (Å²) in [6.07, 6.45) is 2.65. The molecule has 2 aliphatic rings. The molecule has 34 heavy (non-hydrogen) atoms. The predicted octanol–water partition coefficient (Wildman–Crippen LogP) is -0.631. The average Bonchev–Trinajstić information content (AvgIpc) is 3.32. The third-order valence-corrected chi connectivity index (χ3v) is 6.38. The van der Waals surface area contributed by atoms with Gasteiger partial charge < -0.3 is 25.8 Å². The van der Waals surface area contributed by atoms with E-state index in [0.29, 0.717) is 45.6 Å². The Hall–Kier alpha value is -3.50. The fourth-order valence-electron chi connectivity index (χ4n) is 4.51. The number of nitrogens with zero attached hydrogens (tertiary/aromatic N) is 4. The van der Waals surface area contributed by atoms with E-state index in [9.17, 15) is 24.0 Å². The number of hydrogen-bond donors (Lipinski definition) is 2. The molecule has 3 rings (SSSR count). The zero-order valence-corrected chi connectivity index (χ0v) is 19.7. The molecule has 11 heteroatoms. The van der Waals surface area contributed by atoms with Crippen LogP contribution in [0.3, 0.4) is 0 Å². The van der Waals surface area contributed by atoms with Crippen LogP contribution >= 0.6 is 0 Å². The van der Waals surface area contributed by atoms with Crippen molar-refractivity contribution in [1.29, 1.82) is 0 Å². The molecule has 184 valence electrons. The summed E-state index contributed by atoms with van der Waals surface area (Å²) >= 11 is 0. The van der Waals surface area contributed by atoms with Crippen molar-refractivity contribution in [1.82, 2.24) is 20.1 Å². The first-order chi connectivity index (χ1) is 16.2. The highest BCUT2D eigenvalue weighted by Gasteiger charge is 2.36. The minimum Gasteiger partial charge on any atom is -0.363 e. The second kappa shape index (κ2) is 11.1. The Balaban J connectivity index is 1.67. The number of hydrogen-bond acceptors (Lipinski definition) is 7. The van der Waals surface area contributed by atoms with Crippen LogP contribution in [0.25, 0.3) is 0 Å². The molecule has 1 aromatic heterocycles. The van der Waals surface area contributed by atoms with Gasteiger partial charge in [0.15, 0.2) is 0 Å². The molecule has 3 heterocycles. The third-order valence-electron chi connectivity index (χ3n) is 6.38. The first-order valence-corrected chi connectivity index (χ1v) is 11.5. The number of Topliss-reactive ketones (excluding diaryl/α,β-unsaturated/α-hetero) is 1. The monoisotopic (exact) mass is 472 g/mol. The van der Waals surface area contributed by atoms with Crippen LogP contribution in [0.1, 0.15) is 38.2 Å². The van der Waals surface area contributed by atoms with Gasteiger partial charge in [-0.1, -0.05) is 6.07 Å². The molecular formula is C23H32N6O5. The van der Waals surface area contributed by atoms with E-state index < -0.39 is 29.7 Å². The van der Waals surface area contributed by atoms with Gasteiger partial charge >= 0.3 is 0 Å². The molecule has 2 saturated heterocycles. The summed E-state index contributed by atoms with van der Waals surface area (Å²) in [4.78, 5) is 70.7. The summed E-state index contributed by atoms with van der Waals surface area (Å²) in [5.41, 5.74) is 6.09. The van der Waals surface area contributed by atoms with Gasteiger partial charge in [-0.05, 0) is 37.8 Å². The number of likely N-dealkylation sites (tertiary alicyclic amines) is 1. The lowest BCUT2D eigenvalue weighted by Crippen LogP contribution is -2.57. The maximum Gasteiger partial charge on any atom is 0.284 e. The maximum absolute atomic E-state index is 13.3. The standard InChI is InChI=1S/C23H32N6O5/c1-15-5-3-9-25-21(15)27-11-13-28(14-12-27)23(34)17(7-8-19(31)20(24)32)26-22(33)18-6-4-10-29(18)16(2)30/h3,5,9,17-18H,4,6-8,10-14H2,1-2H3,(H2,24,32)(H,26,33)/t17-,18-/m0/s1. The Morgan fingerprint density at radius 3 is 2.47 bits per heavy atom. The SMILES string of the molecule is CC(=O)N1CCC[C@H]1C(=O)N[C@@H](CCC(=O)C(N)=O)C(=O)N1CCN(c2ncccc2C)CC1. The van der Waals surface area contributed by atoms with Gasteiger partial charge in [0.25, 0.3) is 5.91 Å². The molecule has 4 amide bonds. The molecule has 0 aliphatic carbocycles. The van der Waals surface area contributed by atoms with Crippen LogP contribution < -0.4 is 16.0 Å². The number of aryl methyl sites for hydroxylation is 1. The lowest BCUT2D eigenvalue weighted by Gasteiger charge is -2.37. The molecule has 0 spiro atoms. The Bertz CT molecular complexity index is 959. The zero-order valence-electron chi connectivity index (χ0n) is 19.7. The molecule has 0 bridgehead atoms. The number of carbonyl (C=O) groups is 5. The molecule has 0 saturated carbocycles. The summed E-state index contributed by atoms with van der Waals surface area (Å²) in [7, 11) is 0. The largest absolute Gasteiger partial charge is 0.363 e. The zero-order chi connectivity index (χ0) is 24.8. The first-order valence-electron chi connectivity index (χ1n) is 11.5. The number of piperazine rings is 1. The van der Waals surface area contributed by atoms with Crippen molar-refractivity contribution in [3.05, 3.63) is 23.9 Å². The van der Waals surface area contributed by atoms with E-state index in [1.165, 1.54) is 11.8 Å². The van der Waals surface area contributed by atoms with Crippen molar-refractivity contribution < 1.29 is 24.0 Å². The number of pyridine rings is 1. The summed E-state index contributed by atoms with van der Waals surface area (Å²) in [5, 5.41) is 2.73. The normalized spacial score (nSPS) is 19.0. The lowest BCUT2D eigenvalue weighted by atomic mass is 10.1. The summed E-state index contributed by atoms with van der Waals surface area (Å²) in [5.74, 6) is -1.96. The van der Waals surface area contributed by atoms with Crippen molar-refractivity contribution in [2.45, 2.75) is 51.6 Å². The lowest BCUT2D eigenvalue weighted by molar-refractivity contribution is -0.141. The maximum atomic E-state index is 13.3. The Labute approximate surface area is 198 Å². The minimum atomic E-state index is -1.07. The molecule has 0 unspecified atom stereocenters. The molecule has 1 aromatic rings. The number of anilines is 1. The molecule has 2 atom stereocenters. The van der Waals surface area contributed by atoms with Crippen LogP contribution in [0, 0.1) is 6.92 Å². The fraction of sp³-hybridized carbons (Fsp3) is 0.565. The Morgan fingerprint density at radius 2 is 1.85 bits per heavy atom. The van der Waals surface area contributed by atoms with E-state index in [4.69, 9.17) is 5.73 Å². The number of carbonyl (C=O) groups excluding carboxylic acids is 5. The first kappa shape index (κ1) is 25.1. The molecule has 2 fully saturated rings. The fourth-order valence-corrected chi connectivity index (χ4v) is 4.51.